The molecule has 1 saturated heterocycles. The molecule has 1 aliphatic rings. The first-order chi connectivity index (χ1) is 21.9. The topological polar surface area (TPSA) is 93.0 Å². The number of aromatic nitrogens is 3. The maximum atomic E-state index is 12.7. The number of aliphatic carboxylic acids is 1. The number of fused-ring (bicyclic) bond motifs is 2. The van der Waals surface area contributed by atoms with Gasteiger partial charge in [-0.1, -0.05) is 23.7 Å². The van der Waals surface area contributed by atoms with Crippen molar-refractivity contribution in [2.45, 2.75) is 39.4 Å². The lowest BCUT2D eigenvalue weighted by atomic mass is 9.91. The lowest BCUT2D eigenvalue weighted by Crippen LogP contribution is -2.47. The van der Waals surface area contributed by atoms with Gasteiger partial charge in [-0.3, -0.25) is 9.58 Å². The van der Waals surface area contributed by atoms with Crippen LogP contribution in [-0.4, -0.2) is 82.8 Å². The fourth-order valence-corrected chi connectivity index (χ4v) is 7.43. The number of rotatable bonds is 9. The molecule has 0 saturated carbocycles. The Kier molecular flexibility index (Phi) is 9.11. The van der Waals surface area contributed by atoms with E-state index >= 15 is 0 Å². The summed E-state index contributed by atoms with van der Waals surface area (Å²) in [6, 6.07) is 15.9. The molecule has 0 spiro atoms. The number of nitrogens with zero attached hydrogens (tertiary/aromatic N) is 5. The van der Waals surface area contributed by atoms with E-state index in [0.29, 0.717) is 10.6 Å². The first kappa shape index (κ1) is 32.4. The van der Waals surface area contributed by atoms with Crippen LogP contribution < -0.4 is 4.90 Å². The molecule has 242 valence electrons. The number of carboxylic acids is 1. The lowest BCUT2D eigenvalue weighted by molar-refractivity contribution is -0.160. The van der Waals surface area contributed by atoms with E-state index in [2.05, 4.69) is 28.0 Å². The summed E-state index contributed by atoms with van der Waals surface area (Å²) in [5.41, 5.74) is 5.29. The second-order valence-corrected chi connectivity index (χ2v) is 14.2. The quantitative estimate of drug-likeness (QED) is 0.178. The SMILES string of the molecule is COCCN1CCN(c2nn(C)c3ccc(-c4nc5cc(C)c([C@H](OC(C)(C)C)C(=O)O)c(-c6ccc(Cl)cc6)c5s4)cc23)CC1. The predicted molar refractivity (Wildman–Crippen MR) is 186 cm³/mol. The van der Waals surface area contributed by atoms with Crippen molar-refractivity contribution in [3.8, 4) is 21.7 Å². The molecule has 9 nitrogen and oxygen atoms in total. The molecule has 11 heteroatoms. The fraction of sp³-hybridized carbons (Fsp3) is 0.400. The van der Waals surface area contributed by atoms with E-state index < -0.39 is 17.7 Å². The van der Waals surface area contributed by atoms with Gasteiger partial charge in [0.25, 0.3) is 0 Å². The van der Waals surface area contributed by atoms with Crippen LogP contribution in [0.1, 0.15) is 38.0 Å². The highest BCUT2D eigenvalue weighted by atomic mass is 35.5. The molecule has 0 unspecified atom stereocenters. The average Bonchev–Trinajstić information content (AvgIpc) is 3.59. The molecule has 3 heterocycles. The third kappa shape index (κ3) is 6.50. The summed E-state index contributed by atoms with van der Waals surface area (Å²) in [6.07, 6.45) is -1.16. The van der Waals surface area contributed by atoms with Crippen molar-refractivity contribution in [3.63, 3.8) is 0 Å². The number of anilines is 1. The van der Waals surface area contributed by atoms with Gasteiger partial charge in [-0.25, -0.2) is 9.78 Å². The first-order valence-electron chi connectivity index (χ1n) is 15.5. The highest BCUT2D eigenvalue weighted by Gasteiger charge is 2.32. The molecule has 3 aromatic carbocycles. The molecule has 6 rings (SSSR count). The Bertz CT molecular complexity index is 1890. The van der Waals surface area contributed by atoms with Gasteiger partial charge in [-0.15, -0.1) is 11.3 Å². The molecule has 5 aromatic rings. The van der Waals surface area contributed by atoms with Crippen LogP contribution in [0.5, 0.6) is 0 Å². The van der Waals surface area contributed by atoms with E-state index in [-0.39, 0.29) is 0 Å². The van der Waals surface area contributed by atoms with Crippen molar-refractivity contribution >= 4 is 55.8 Å². The molecule has 1 aliphatic heterocycles. The molecule has 1 N–H and O–H groups in total. The minimum absolute atomic E-state index is 0.608. The van der Waals surface area contributed by atoms with E-state index in [9.17, 15) is 9.90 Å². The molecule has 1 atom stereocenters. The Balaban J connectivity index is 1.46. The molecule has 0 aliphatic carbocycles. The molecule has 46 heavy (non-hydrogen) atoms. The van der Waals surface area contributed by atoms with Crippen LogP contribution >= 0.6 is 22.9 Å². The van der Waals surface area contributed by atoms with Gasteiger partial charge in [0.2, 0.25) is 0 Å². The van der Waals surface area contributed by atoms with Crippen LogP contribution in [0.25, 0.3) is 42.8 Å². The minimum Gasteiger partial charge on any atom is -0.479 e. The molecule has 1 fully saturated rings. The summed E-state index contributed by atoms with van der Waals surface area (Å²) >= 11 is 7.83. The molecule has 0 radical (unpaired) electrons. The Morgan fingerprint density at radius 3 is 2.41 bits per heavy atom. The smallest absolute Gasteiger partial charge is 0.337 e. The van der Waals surface area contributed by atoms with Gasteiger partial charge in [-0.05, 0) is 75.2 Å². The Morgan fingerprint density at radius 1 is 1.07 bits per heavy atom. The zero-order valence-electron chi connectivity index (χ0n) is 27.1. The zero-order valence-corrected chi connectivity index (χ0v) is 28.7. The highest BCUT2D eigenvalue weighted by molar-refractivity contribution is 7.22. The van der Waals surface area contributed by atoms with Gasteiger partial charge >= 0.3 is 5.97 Å². The number of carboxylic acid groups (broad SMARTS) is 1. The number of hydrogen-bond acceptors (Lipinski definition) is 8. The van der Waals surface area contributed by atoms with Crippen LogP contribution in [0, 0.1) is 6.92 Å². The predicted octanol–water partition coefficient (Wildman–Crippen LogP) is 7.19. The van der Waals surface area contributed by atoms with Crippen LogP contribution in [-0.2, 0) is 21.3 Å². The number of ether oxygens (including phenoxy) is 2. The summed E-state index contributed by atoms with van der Waals surface area (Å²) in [7, 11) is 3.73. The lowest BCUT2D eigenvalue weighted by Gasteiger charge is -2.34. The maximum Gasteiger partial charge on any atom is 0.337 e. The average molecular weight is 662 g/mol. The van der Waals surface area contributed by atoms with Crippen LogP contribution in [0.3, 0.4) is 0 Å². The number of methoxy groups -OCH3 is 1. The molecular weight excluding hydrogens is 622 g/mol. The van der Waals surface area contributed by atoms with E-state index in [1.165, 1.54) is 0 Å². The summed E-state index contributed by atoms with van der Waals surface area (Å²) in [6.45, 7) is 12.9. The number of benzene rings is 3. The highest BCUT2D eigenvalue weighted by Crippen LogP contribution is 2.45. The van der Waals surface area contributed by atoms with Gasteiger partial charge in [0, 0.05) is 74.0 Å². The molecule has 0 bridgehead atoms. The molecular formula is C35H40ClN5O4S. The minimum atomic E-state index is -1.16. The van der Waals surface area contributed by atoms with Crippen molar-refractivity contribution < 1.29 is 19.4 Å². The molecule has 2 aromatic heterocycles. The van der Waals surface area contributed by atoms with Gasteiger partial charge in [0.05, 0.1) is 27.9 Å². The van der Waals surface area contributed by atoms with Crippen LogP contribution in [0.4, 0.5) is 5.82 Å². The van der Waals surface area contributed by atoms with Gasteiger partial charge < -0.3 is 19.5 Å². The number of thiazole rings is 1. The van der Waals surface area contributed by atoms with E-state index in [0.717, 1.165) is 93.5 Å². The van der Waals surface area contributed by atoms with Gasteiger partial charge in [-0.2, -0.15) is 5.10 Å². The normalized spacial score (nSPS) is 15.2. The summed E-state index contributed by atoms with van der Waals surface area (Å²) in [4.78, 5) is 22.6. The van der Waals surface area contributed by atoms with E-state index in [4.69, 9.17) is 31.2 Å². The van der Waals surface area contributed by atoms with E-state index in [1.807, 2.05) is 69.8 Å². The van der Waals surface area contributed by atoms with Crippen LogP contribution in [0.2, 0.25) is 5.02 Å². The van der Waals surface area contributed by atoms with Crippen molar-refractivity contribution in [3.05, 3.63) is 64.7 Å². The van der Waals surface area contributed by atoms with E-state index in [1.54, 1.807) is 18.4 Å². The van der Waals surface area contributed by atoms with Crippen LogP contribution in [0.15, 0.2) is 48.5 Å². The third-order valence-electron chi connectivity index (χ3n) is 8.38. The Hall–Kier alpha value is -3.54. The molecule has 0 amide bonds. The fourth-order valence-electron chi connectivity index (χ4n) is 6.18. The maximum absolute atomic E-state index is 12.7. The summed E-state index contributed by atoms with van der Waals surface area (Å²) in [5.74, 6) is -0.0538. The zero-order chi connectivity index (χ0) is 32.7. The van der Waals surface area contributed by atoms with Crippen molar-refractivity contribution in [2.75, 3.05) is 51.3 Å². The standard InChI is InChI=1S/C35H40ClN5O4S/c1-21-19-26-31(29(22-7-10-24(36)11-8-22)28(21)30(34(42)43)45-35(2,3)4)46-33(37-26)23-9-12-27-25(20-23)32(38-39(27)5)41-15-13-40(14-16-41)17-18-44-6/h7-12,19-20,30H,13-18H2,1-6H3,(H,42,43)/t30-/m0/s1. The number of carbonyl (C=O) groups is 1. The second kappa shape index (κ2) is 12.9. The van der Waals surface area contributed by atoms with Crippen molar-refractivity contribution in [2.24, 2.45) is 7.05 Å². The second-order valence-electron chi connectivity index (χ2n) is 12.8. The Labute approximate surface area is 278 Å². The number of halogens is 1. The monoisotopic (exact) mass is 661 g/mol. The van der Waals surface area contributed by atoms with Crippen molar-refractivity contribution in [1.29, 1.82) is 0 Å². The first-order valence-corrected chi connectivity index (χ1v) is 16.7. The van der Waals surface area contributed by atoms with Crippen molar-refractivity contribution in [1.82, 2.24) is 19.7 Å². The number of hydrogen-bond donors (Lipinski definition) is 1. The van der Waals surface area contributed by atoms with Gasteiger partial charge in [0.1, 0.15) is 5.01 Å². The number of piperazine rings is 1. The van der Waals surface area contributed by atoms with Gasteiger partial charge in [0.15, 0.2) is 11.9 Å². The summed E-state index contributed by atoms with van der Waals surface area (Å²) in [5, 5.41) is 17.9. The summed E-state index contributed by atoms with van der Waals surface area (Å²) < 4.78 is 14.3. The number of aryl methyl sites for hydroxylation is 2. The third-order valence-corrected chi connectivity index (χ3v) is 9.77. The Morgan fingerprint density at radius 2 is 1.76 bits per heavy atom. The largest absolute Gasteiger partial charge is 0.479 e.